The zero-order valence-electron chi connectivity index (χ0n) is 44.8. The third-order valence-corrected chi connectivity index (χ3v) is 14.9. The summed E-state index contributed by atoms with van der Waals surface area (Å²) in [6.07, 6.45) is 0. The second kappa shape index (κ2) is 17.4. The van der Waals surface area contributed by atoms with Gasteiger partial charge < -0.3 is 4.90 Å². The van der Waals surface area contributed by atoms with Gasteiger partial charge in [0.2, 0.25) is 0 Å². The van der Waals surface area contributed by atoms with E-state index in [1.54, 1.807) is 0 Å². The van der Waals surface area contributed by atoms with Crippen molar-refractivity contribution in [1.29, 1.82) is 0 Å². The topological polar surface area (TPSA) is 3.24 Å². The van der Waals surface area contributed by atoms with E-state index in [-0.39, 0.29) is 27.1 Å². The first kappa shape index (κ1) is 48.6. The highest BCUT2D eigenvalue weighted by Crippen LogP contribution is 2.58. The van der Waals surface area contributed by atoms with E-state index in [0.717, 1.165) is 17.1 Å². The van der Waals surface area contributed by atoms with Gasteiger partial charge in [0, 0.05) is 16.9 Å². The van der Waals surface area contributed by atoms with E-state index >= 15 is 0 Å². The van der Waals surface area contributed by atoms with Crippen LogP contribution in [0.5, 0.6) is 0 Å². The van der Waals surface area contributed by atoms with E-state index in [1.165, 1.54) is 83.5 Å². The van der Waals surface area contributed by atoms with Gasteiger partial charge in [-0.3, -0.25) is 0 Å². The summed E-state index contributed by atoms with van der Waals surface area (Å²) >= 11 is 0. The largest absolute Gasteiger partial charge is 0.310 e. The second-order valence-electron chi connectivity index (χ2n) is 25.1. The number of hydrogen-bond acceptors (Lipinski definition) is 1. The number of rotatable bonds is 7. The number of hydrogen-bond donors (Lipinski definition) is 0. The maximum atomic E-state index is 2.51. The lowest BCUT2D eigenvalue weighted by molar-refractivity contribution is 0.550. The number of benzene rings is 8. The van der Waals surface area contributed by atoms with Gasteiger partial charge in [-0.15, -0.1) is 0 Å². The molecule has 0 fully saturated rings. The Kier molecular flexibility index (Phi) is 12.1. The molecule has 0 heterocycles. The van der Waals surface area contributed by atoms with E-state index in [9.17, 15) is 0 Å². The molecule has 0 unspecified atom stereocenters. The fourth-order valence-electron chi connectivity index (χ4n) is 10.9. The average molecular weight is 918 g/mol. The third-order valence-electron chi connectivity index (χ3n) is 14.9. The lowest BCUT2D eigenvalue weighted by Crippen LogP contribution is -2.29. The van der Waals surface area contributed by atoms with Gasteiger partial charge in [-0.05, 0) is 135 Å². The van der Waals surface area contributed by atoms with Crippen molar-refractivity contribution < 1.29 is 0 Å². The molecule has 0 saturated heterocycles. The summed E-state index contributed by atoms with van der Waals surface area (Å²) in [6.45, 7) is 35.0. The number of anilines is 3. The second-order valence-corrected chi connectivity index (χ2v) is 25.1. The molecular weight excluding hydrogens is 843 g/mol. The molecular formula is C69H75N. The normalized spacial score (nSPS) is 13.8. The standard InChI is InChI=1S/C69H75N/c1-64(2,3)48-31-35-50(36-32-48)69(51-37-33-49(34-38-51)65(4,5)6)58-27-21-19-26-56(58)57-42-41-54(45-59(57)69)70(62-28-22-20-25-55(62)46-23-17-16-18-24-46)53-39-29-47(30-40-53)63-60(67(10,11)12)43-52(66(7,8)9)44-61(63)68(13,14)15/h16-45H,1-15H3. The highest BCUT2D eigenvalue weighted by Gasteiger charge is 2.47. The van der Waals surface area contributed by atoms with Crippen LogP contribution < -0.4 is 4.90 Å². The number of fused-ring (bicyclic) bond motifs is 3. The molecule has 0 bridgehead atoms. The van der Waals surface area contributed by atoms with Crippen molar-refractivity contribution in [3.05, 3.63) is 232 Å². The monoisotopic (exact) mass is 918 g/mol. The molecule has 1 nitrogen and oxygen atoms in total. The van der Waals surface area contributed by atoms with E-state index in [0.29, 0.717) is 0 Å². The van der Waals surface area contributed by atoms with Crippen LogP contribution in [0, 0.1) is 0 Å². The van der Waals surface area contributed by atoms with E-state index < -0.39 is 5.41 Å². The van der Waals surface area contributed by atoms with Crippen molar-refractivity contribution in [3.8, 4) is 33.4 Å². The molecule has 1 aliphatic carbocycles. The zero-order valence-corrected chi connectivity index (χ0v) is 44.8. The molecule has 0 N–H and O–H groups in total. The van der Waals surface area contributed by atoms with Gasteiger partial charge in [0.15, 0.2) is 0 Å². The molecule has 70 heavy (non-hydrogen) atoms. The zero-order chi connectivity index (χ0) is 50.2. The smallest absolute Gasteiger partial charge is 0.0714 e. The quantitative estimate of drug-likeness (QED) is 0.154. The summed E-state index contributed by atoms with van der Waals surface area (Å²) < 4.78 is 0. The Morgan fingerprint density at radius 2 is 0.757 bits per heavy atom. The van der Waals surface area contributed by atoms with Gasteiger partial charge in [-0.25, -0.2) is 0 Å². The van der Waals surface area contributed by atoms with Gasteiger partial charge in [-0.1, -0.05) is 256 Å². The minimum absolute atomic E-state index is 0.0234. The Hall–Kier alpha value is -6.44. The Bertz CT molecular complexity index is 3070. The third kappa shape index (κ3) is 8.76. The molecule has 9 rings (SSSR count). The summed E-state index contributed by atoms with van der Waals surface area (Å²) in [7, 11) is 0. The predicted octanol–water partition coefficient (Wildman–Crippen LogP) is 19.3. The molecule has 0 amide bonds. The average Bonchev–Trinajstić information content (AvgIpc) is 3.61. The van der Waals surface area contributed by atoms with Crippen molar-refractivity contribution in [2.75, 3.05) is 4.90 Å². The van der Waals surface area contributed by atoms with E-state index in [1.807, 2.05) is 0 Å². The van der Waals surface area contributed by atoms with Crippen molar-refractivity contribution in [3.63, 3.8) is 0 Å². The molecule has 0 radical (unpaired) electrons. The summed E-state index contributed by atoms with van der Waals surface area (Å²) in [5.74, 6) is 0. The van der Waals surface area contributed by atoms with Gasteiger partial charge in [0.1, 0.15) is 0 Å². The minimum Gasteiger partial charge on any atom is -0.310 e. The van der Waals surface area contributed by atoms with Gasteiger partial charge in [0.05, 0.1) is 11.1 Å². The van der Waals surface area contributed by atoms with Crippen molar-refractivity contribution in [2.24, 2.45) is 0 Å². The first-order valence-electron chi connectivity index (χ1n) is 25.6. The summed E-state index contributed by atoms with van der Waals surface area (Å²) in [4.78, 5) is 2.50. The molecule has 0 spiro atoms. The van der Waals surface area contributed by atoms with Crippen LogP contribution in [0.15, 0.2) is 182 Å². The first-order chi connectivity index (χ1) is 32.9. The maximum Gasteiger partial charge on any atom is 0.0714 e. The number of para-hydroxylation sites is 1. The summed E-state index contributed by atoms with van der Waals surface area (Å²) in [5, 5.41) is 0. The lowest BCUT2D eigenvalue weighted by atomic mass is 9.67. The van der Waals surface area contributed by atoms with Crippen molar-refractivity contribution in [1.82, 2.24) is 0 Å². The highest BCUT2D eigenvalue weighted by atomic mass is 15.1. The SMILES string of the molecule is CC(C)(C)c1ccc(C2(c3ccc(C(C)(C)C)cc3)c3ccccc3-c3ccc(N(c4ccc(-c5c(C(C)(C)C)cc(C(C)(C)C)cc5C(C)(C)C)cc4)c4ccccc4-c4ccccc4)cc32)cc1. The van der Waals surface area contributed by atoms with E-state index in [2.05, 4.69) is 291 Å². The van der Waals surface area contributed by atoms with Crippen LogP contribution >= 0.6 is 0 Å². The lowest BCUT2D eigenvalue weighted by Gasteiger charge is -2.36. The fourth-order valence-corrected chi connectivity index (χ4v) is 10.9. The van der Waals surface area contributed by atoms with Crippen LogP contribution in [-0.2, 0) is 32.5 Å². The molecule has 0 aromatic heterocycles. The highest BCUT2D eigenvalue weighted by molar-refractivity contribution is 5.93. The predicted molar refractivity (Wildman–Crippen MR) is 303 cm³/mol. The van der Waals surface area contributed by atoms with E-state index in [4.69, 9.17) is 0 Å². The Morgan fingerprint density at radius 3 is 1.26 bits per heavy atom. The molecule has 0 aliphatic heterocycles. The summed E-state index contributed by atoms with van der Waals surface area (Å²) in [5.41, 5.74) is 22.2. The van der Waals surface area contributed by atoms with Gasteiger partial charge >= 0.3 is 0 Å². The van der Waals surface area contributed by atoms with Crippen LogP contribution in [0.3, 0.4) is 0 Å². The van der Waals surface area contributed by atoms with Crippen LogP contribution in [0.2, 0.25) is 0 Å². The van der Waals surface area contributed by atoms with Crippen LogP contribution in [0.4, 0.5) is 17.1 Å². The van der Waals surface area contributed by atoms with Crippen LogP contribution in [0.1, 0.15) is 154 Å². The first-order valence-corrected chi connectivity index (χ1v) is 25.6. The minimum atomic E-state index is -0.574. The Balaban J connectivity index is 1.31. The Labute approximate surface area is 421 Å². The van der Waals surface area contributed by atoms with Gasteiger partial charge in [-0.2, -0.15) is 0 Å². The molecule has 8 aromatic carbocycles. The molecule has 0 atom stereocenters. The van der Waals surface area contributed by atoms with Gasteiger partial charge in [0.25, 0.3) is 0 Å². The molecule has 356 valence electrons. The van der Waals surface area contributed by atoms with Crippen molar-refractivity contribution >= 4 is 17.1 Å². The van der Waals surface area contributed by atoms with Crippen LogP contribution in [0.25, 0.3) is 33.4 Å². The summed E-state index contributed by atoms with van der Waals surface area (Å²) in [6, 6.07) is 69.7. The number of nitrogens with zero attached hydrogens (tertiary/aromatic N) is 1. The molecule has 8 aromatic rings. The molecule has 0 saturated carbocycles. The Morgan fingerprint density at radius 1 is 0.314 bits per heavy atom. The maximum absolute atomic E-state index is 2.51. The molecule has 1 heteroatoms. The fraction of sp³-hybridized carbons (Fsp3) is 0.304. The van der Waals surface area contributed by atoms with Crippen LogP contribution in [-0.4, -0.2) is 0 Å². The molecule has 1 aliphatic rings. The van der Waals surface area contributed by atoms with Crippen molar-refractivity contribution in [2.45, 2.75) is 136 Å².